The van der Waals surface area contributed by atoms with Gasteiger partial charge in [0.05, 0.1) is 17.3 Å². The van der Waals surface area contributed by atoms with Crippen LogP contribution in [0.1, 0.15) is 92.4 Å². The van der Waals surface area contributed by atoms with Crippen molar-refractivity contribution in [3.8, 4) is 0 Å². The average Bonchev–Trinajstić information content (AvgIpc) is 3.00. The Morgan fingerprint density at radius 2 is 1.97 bits per heavy atom. The molecular formula is C27H46O3. The first-order valence-corrected chi connectivity index (χ1v) is 12.6. The number of hydrogen-bond acceptors (Lipinski definition) is 3. The third-order valence-corrected chi connectivity index (χ3v) is 9.94. The van der Waals surface area contributed by atoms with Gasteiger partial charge in [-0.15, -0.1) is 0 Å². The van der Waals surface area contributed by atoms with Gasteiger partial charge >= 0.3 is 0 Å². The molecule has 3 heteroatoms. The van der Waals surface area contributed by atoms with Gasteiger partial charge in [0.1, 0.15) is 0 Å². The SMILES string of the molecule is CO[C@H]1C[C@]2(C)[C@@H]([C@H](C)CCC(C)(C)O)CC[C@H]2[C@@H]2CC=C3C[C@@](C)(O)CC[C@@H]3[C@H]21. The van der Waals surface area contributed by atoms with Crippen LogP contribution in [-0.4, -0.2) is 34.6 Å². The molecule has 0 aromatic carbocycles. The molecule has 0 aromatic rings. The maximum absolute atomic E-state index is 10.6. The topological polar surface area (TPSA) is 49.7 Å². The number of hydrogen-bond donors (Lipinski definition) is 2. The van der Waals surface area contributed by atoms with Crippen LogP contribution in [0.3, 0.4) is 0 Å². The smallest absolute Gasteiger partial charge is 0.0657 e. The number of aliphatic hydroxyl groups is 2. The van der Waals surface area contributed by atoms with E-state index in [0.29, 0.717) is 29.3 Å². The van der Waals surface area contributed by atoms with Gasteiger partial charge in [0.2, 0.25) is 0 Å². The molecule has 0 amide bonds. The Balaban J connectivity index is 1.56. The lowest BCUT2D eigenvalue weighted by Gasteiger charge is -2.57. The van der Waals surface area contributed by atoms with Crippen molar-refractivity contribution in [2.24, 2.45) is 40.9 Å². The first-order valence-electron chi connectivity index (χ1n) is 12.6. The fraction of sp³-hybridized carbons (Fsp3) is 0.926. The molecule has 0 aliphatic heterocycles. The molecule has 0 spiro atoms. The predicted octanol–water partition coefficient (Wildman–Crippen LogP) is 5.74. The van der Waals surface area contributed by atoms with Crippen molar-refractivity contribution < 1.29 is 14.9 Å². The second kappa shape index (κ2) is 7.89. The lowest BCUT2D eigenvalue weighted by atomic mass is 9.49. The molecule has 2 N–H and O–H groups in total. The van der Waals surface area contributed by atoms with E-state index in [1.54, 1.807) is 0 Å². The third-order valence-electron chi connectivity index (χ3n) is 9.94. The zero-order valence-corrected chi connectivity index (χ0v) is 20.3. The summed E-state index contributed by atoms with van der Waals surface area (Å²) >= 11 is 0. The Morgan fingerprint density at radius 1 is 1.23 bits per heavy atom. The van der Waals surface area contributed by atoms with E-state index in [-0.39, 0.29) is 0 Å². The molecule has 4 rings (SSSR count). The van der Waals surface area contributed by atoms with Crippen molar-refractivity contribution in [3.63, 3.8) is 0 Å². The molecule has 172 valence electrons. The zero-order chi connectivity index (χ0) is 21.9. The van der Waals surface area contributed by atoms with Gasteiger partial charge in [-0.3, -0.25) is 0 Å². The number of ether oxygens (including phenoxy) is 1. The quantitative estimate of drug-likeness (QED) is 0.560. The van der Waals surface area contributed by atoms with E-state index in [4.69, 9.17) is 4.74 Å². The minimum atomic E-state index is -0.563. The number of allylic oxidation sites excluding steroid dienone is 1. The highest BCUT2D eigenvalue weighted by Crippen LogP contribution is 2.65. The second-order valence-electron chi connectivity index (χ2n) is 12.7. The maximum Gasteiger partial charge on any atom is 0.0657 e. The molecule has 3 saturated carbocycles. The summed E-state index contributed by atoms with van der Waals surface area (Å²) in [7, 11) is 1.93. The molecule has 0 aromatic heterocycles. The minimum Gasteiger partial charge on any atom is -0.390 e. The van der Waals surface area contributed by atoms with Crippen molar-refractivity contribution in [3.05, 3.63) is 11.6 Å². The van der Waals surface area contributed by atoms with Crippen LogP contribution < -0.4 is 0 Å². The van der Waals surface area contributed by atoms with E-state index in [1.165, 1.54) is 31.3 Å². The van der Waals surface area contributed by atoms with E-state index < -0.39 is 11.2 Å². The van der Waals surface area contributed by atoms with Gasteiger partial charge in [0.25, 0.3) is 0 Å². The third kappa shape index (κ3) is 4.04. The average molecular weight is 419 g/mol. The van der Waals surface area contributed by atoms with Crippen LogP contribution in [0.15, 0.2) is 11.6 Å². The molecule has 4 aliphatic rings. The van der Waals surface area contributed by atoms with Crippen LogP contribution >= 0.6 is 0 Å². The molecular weight excluding hydrogens is 372 g/mol. The van der Waals surface area contributed by atoms with Gasteiger partial charge in [-0.1, -0.05) is 25.5 Å². The van der Waals surface area contributed by atoms with E-state index in [1.807, 2.05) is 27.9 Å². The highest BCUT2D eigenvalue weighted by molar-refractivity contribution is 5.23. The van der Waals surface area contributed by atoms with E-state index in [9.17, 15) is 10.2 Å². The molecule has 0 radical (unpaired) electrons. The summed E-state index contributed by atoms with van der Waals surface area (Å²) in [4.78, 5) is 0. The lowest BCUT2D eigenvalue weighted by molar-refractivity contribution is -0.124. The van der Waals surface area contributed by atoms with Crippen LogP contribution in [0.4, 0.5) is 0 Å². The van der Waals surface area contributed by atoms with E-state index >= 15 is 0 Å². The molecule has 0 heterocycles. The summed E-state index contributed by atoms with van der Waals surface area (Å²) in [5.74, 6) is 4.17. The first kappa shape index (κ1) is 22.8. The highest BCUT2D eigenvalue weighted by atomic mass is 16.5. The van der Waals surface area contributed by atoms with Crippen molar-refractivity contribution in [1.82, 2.24) is 0 Å². The van der Waals surface area contributed by atoms with Crippen molar-refractivity contribution in [2.45, 2.75) is 110 Å². The van der Waals surface area contributed by atoms with E-state index in [2.05, 4.69) is 19.9 Å². The molecule has 0 bridgehead atoms. The molecule has 3 fully saturated rings. The predicted molar refractivity (Wildman–Crippen MR) is 122 cm³/mol. The van der Waals surface area contributed by atoms with Crippen molar-refractivity contribution in [2.75, 3.05) is 7.11 Å². The lowest BCUT2D eigenvalue weighted by Crippen LogP contribution is -2.54. The summed E-state index contributed by atoms with van der Waals surface area (Å²) in [5.41, 5.74) is 0.792. The number of rotatable bonds is 5. The normalized spacial score (nSPS) is 47.1. The second-order valence-corrected chi connectivity index (χ2v) is 12.7. The van der Waals surface area contributed by atoms with Crippen LogP contribution in [0.2, 0.25) is 0 Å². The summed E-state index contributed by atoms with van der Waals surface area (Å²) in [5, 5.41) is 20.9. The summed E-state index contributed by atoms with van der Waals surface area (Å²) in [6.45, 7) is 10.9. The van der Waals surface area contributed by atoms with Crippen molar-refractivity contribution >= 4 is 0 Å². The summed E-state index contributed by atoms with van der Waals surface area (Å²) in [6, 6.07) is 0. The Morgan fingerprint density at radius 3 is 2.63 bits per heavy atom. The van der Waals surface area contributed by atoms with Crippen LogP contribution in [0.5, 0.6) is 0 Å². The van der Waals surface area contributed by atoms with Gasteiger partial charge in [0, 0.05) is 7.11 Å². The van der Waals surface area contributed by atoms with Crippen LogP contribution in [0.25, 0.3) is 0 Å². The zero-order valence-electron chi connectivity index (χ0n) is 20.3. The summed E-state index contributed by atoms with van der Waals surface area (Å²) < 4.78 is 6.25. The minimum absolute atomic E-state index is 0.343. The Hall–Kier alpha value is -0.380. The Labute approximate surface area is 184 Å². The van der Waals surface area contributed by atoms with Gasteiger partial charge in [0.15, 0.2) is 0 Å². The Bertz CT molecular complexity index is 660. The van der Waals surface area contributed by atoms with Gasteiger partial charge in [-0.2, -0.15) is 0 Å². The monoisotopic (exact) mass is 418 g/mol. The molecule has 30 heavy (non-hydrogen) atoms. The Kier molecular flexibility index (Phi) is 5.99. The summed E-state index contributed by atoms with van der Waals surface area (Å²) in [6.07, 6.45) is 12.8. The number of methoxy groups -OCH3 is 1. The fourth-order valence-corrected chi connectivity index (χ4v) is 8.51. The largest absolute Gasteiger partial charge is 0.390 e. The van der Waals surface area contributed by atoms with Crippen LogP contribution in [-0.2, 0) is 4.74 Å². The van der Waals surface area contributed by atoms with Gasteiger partial charge in [-0.05, 0) is 119 Å². The van der Waals surface area contributed by atoms with Crippen LogP contribution in [0, 0.1) is 40.9 Å². The van der Waals surface area contributed by atoms with Gasteiger partial charge < -0.3 is 14.9 Å². The fourth-order valence-electron chi connectivity index (χ4n) is 8.51. The molecule has 4 aliphatic carbocycles. The van der Waals surface area contributed by atoms with Gasteiger partial charge in [-0.25, -0.2) is 0 Å². The van der Waals surface area contributed by atoms with E-state index in [0.717, 1.165) is 49.9 Å². The molecule has 3 nitrogen and oxygen atoms in total. The maximum atomic E-state index is 10.6. The number of fused-ring (bicyclic) bond motifs is 5. The molecule has 0 saturated heterocycles. The molecule has 0 unspecified atom stereocenters. The molecule has 9 atom stereocenters. The first-order chi connectivity index (χ1) is 14.0. The van der Waals surface area contributed by atoms with Crippen molar-refractivity contribution in [1.29, 1.82) is 0 Å². The standard InChI is InChI=1S/C27H46O3/c1-17(11-13-25(2,3)28)21-9-10-22-20-8-7-18-15-26(4,29)14-12-19(18)24(20)23(30-6)16-27(21,22)5/h7,17,19-24,28-29H,8-16H2,1-6H3/t17-,19+,20+,21-,22+,23+,24-,26+,27-/m1/s1. The highest BCUT2D eigenvalue weighted by Gasteiger charge is 2.60.